The monoisotopic (exact) mass is 326 g/mol. The lowest BCUT2D eigenvalue weighted by Crippen LogP contribution is -2.27. The molecule has 1 aliphatic carbocycles. The van der Waals surface area contributed by atoms with Gasteiger partial charge in [-0.25, -0.2) is 9.97 Å². The number of hydrogen-bond donors (Lipinski definition) is 1. The van der Waals surface area contributed by atoms with E-state index in [2.05, 4.69) is 71.2 Å². The van der Waals surface area contributed by atoms with E-state index in [1.165, 1.54) is 11.1 Å². The third kappa shape index (κ3) is 3.91. The van der Waals surface area contributed by atoms with Crippen molar-refractivity contribution < 1.29 is 5.11 Å². The van der Waals surface area contributed by atoms with Gasteiger partial charge >= 0.3 is 0 Å². The number of aliphatic hydroxyl groups is 1. The van der Waals surface area contributed by atoms with Crippen LogP contribution in [0.1, 0.15) is 35.6 Å². The van der Waals surface area contributed by atoms with E-state index in [9.17, 15) is 5.11 Å². The molecule has 0 saturated heterocycles. The van der Waals surface area contributed by atoms with E-state index in [1.54, 1.807) is 6.33 Å². The van der Waals surface area contributed by atoms with Gasteiger partial charge in [0.15, 0.2) is 0 Å². The summed E-state index contributed by atoms with van der Waals surface area (Å²) in [4.78, 5) is 13.2. The summed E-state index contributed by atoms with van der Waals surface area (Å²) in [5.41, 5.74) is 3.69. The highest BCUT2D eigenvalue weighted by atomic mass is 16.3. The molecule has 0 bridgehead atoms. The summed E-state index contributed by atoms with van der Waals surface area (Å²) in [5.74, 6) is 1.30. The van der Waals surface area contributed by atoms with E-state index in [4.69, 9.17) is 0 Å². The van der Waals surface area contributed by atoms with Crippen LogP contribution in [0.25, 0.3) is 0 Å². The van der Waals surface area contributed by atoms with Gasteiger partial charge in [0.25, 0.3) is 0 Å². The number of benzene rings is 1. The van der Waals surface area contributed by atoms with Crippen molar-refractivity contribution in [3.05, 3.63) is 53.5 Å². The minimum Gasteiger partial charge on any atom is -0.393 e. The fourth-order valence-corrected chi connectivity index (χ4v) is 3.17. The van der Waals surface area contributed by atoms with Crippen LogP contribution in [0, 0.1) is 0 Å². The topological polar surface area (TPSA) is 52.5 Å². The lowest BCUT2D eigenvalue weighted by atomic mass is 9.80. The van der Waals surface area contributed by atoms with Gasteiger partial charge < -0.3 is 14.9 Å². The van der Waals surface area contributed by atoms with Crippen molar-refractivity contribution in [2.45, 2.75) is 38.0 Å². The molecule has 1 heterocycles. The number of hydrogen-bond acceptors (Lipinski definition) is 5. The zero-order valence-electron chi connectivity index (χ0n) is 14.7. The molecule has 1 fully saturated rings. The van der Waals surface area contributed by atoms with Crippen LogP contribution in [0.2, 0.25) is 0 Å². The van der Waals surface area contributed by atoms with Gasteiger partial charge in [0.05, 0.1) is 6.10 Å². The number of aliphatic hydroxyl groups excluding tert-OH is 1. The molecule has 0 atom stereocenters. The molecule has 1 aliphatic rings. The molecule has 1 aromatic carbocycles. The van der Waals surface area contributed by atoms with Gasteiger partial charge in [0.2, 0.25) is 0 Å². The first-order valence-electron chi connectivity index (χ1n) is 8.45. The lowest BCUT2D eigenvalue weighted by molar-refractivity contribution is 0.0732. The van der Waals surface area contributed by atoms with Crippen molar-refractivity contribution in [3.63, 3.8) is 0 Å². The van der Waals surface area contributed by atoms with E-state index in [-0.39, 0.29) is 6.10 Å². The summed E-state index contributed by atoms with van der Waals surface area (Å²) in [6.45, 7) is 1.74. The first kappa shape index (κ1) is 16.9. The molecule has 0 amide bonds. The molecule has 5 heteroatoms. The Morgan fingerprint density at radius 2 is 1.71 bits per heavy atom. The van der Waals surface area contributed by atoms with E-state index in [0.717, 1.165) is 37.4 Å². The Bertz CT molecular complexity index is 683. The molecule has 0 unspecified atom stereocenters. The first-order chi connectivity index (χ1) is 11.5. The molecule has 1 aromatic heterocycles. The summed E-state index contributed by atoms with van der Waals surface area (Å²) in [7, 11) is 6.24. The second kappa shape index (κ2) is 7.28. The average Bonchev–Trinajstić information content (AvgIpc) is 2.53. The molecule has 3 rings (SSSR count). The predicted molar refractivity (Wildman–Crippen MR) is 96.0 cm³/mol. The SMILES string of the molecule is CN(C)Cc1ccccc1CN(C)c1cc(C2CC(O)C2)ncn1. The molecule has 0 aliphatic heterocycles. The molecule has 1 N–H and O–H groups in total. The van der Waals surface area contributed by atoms with E-state index in [0.29, 0.717) is 5.92 Å². The third-order valence-corrected chi connectivity index (χ3v) is 4.61. The molecule has 128 valence electrons. The van der Waals surface area contributed by atoms with Crippen LogP contribution in [0.5, 0.6) is 0 Å². The van der Waals surface area contributed by atoms with Crippen LogP contribution in [0.3, 0.4) is 0 Å². The Hall–Kier alpha value is -1.98. The van der Waals surface area contributed by atoms with Crippen molar-refractivity contribution in [3.8, 4) is 0 Å². The summed E-state index contributed by atoms with van der Waals surface area (Å²) in [6, 6.07) is 10.6. The summed E-state index contributed by atoms with van der Waals surface area (Å²) in [5, 5.41) is 9.50. The minimum absolute atomic E-state index is 0.163. The van der Waals surface area contributed by atoms with Crippen LogP contribution in [-0.2, 0) is 13.1 Å². The average molecular weight is 326 g/mol. The molecular weight excluding hydrogens is 300 g/mol. The van der Waals surface area contributed by atoms with Crippen molar-refractivity contribution >= 4 is 5.82 Å². The van der Waals surface area contributed by atoms with Crippen molar-refractivity contribution in [1.82, 2.24) is 14.9 Å². The van der Waals surface area contributed by atoms with Crippen LogP contribution < -0.4 is 4.90 Å². The Labute approximate surface area is 144 Å². The zero-order chi connectivity index (χ0) is 17.1. The summed E-state index contributed by atoms with van der Waals surface area (Å²) >= 11 is 0. The Kier molecular flexibility index (Phi) is 5.11. The summed E-state index contributed by atoms with van der Waals surface area (Å²) in [6.07, 6.45) is 3.10. The number of anilines is 1. The third-order valence-electron chi connectivity index (χ3n) is 4.61. The van der Waals surface area contributed by atoms with Gasteiger partial charge in [0, 0.05) is 37.8 Å². The second-order valence-electron chi connectivity index (χ2n) is 6.99. The Morgan fingerprint density at radius 3 is 2.33 bits per heavy atom. The molecule has 1 saturated carbocycles. The zero-order valence-corrected chi connectivity index (χ0v) is 14.7. The van der Waals surface area contributed by atoms with Crippen LogP contribution in [0.4, 0.5) is 5.82 Å². The summed E-state index contributed by atoms with van der Waals surface area (Å²) < 4.78 is 0. The smallest absolute Gasteiger partial charge is 0.132 e. The maximum Gasteiger partial charge on any atom is 0.132 e. The molecular formula is C19H26N4O. The maximum atomic E-state index is 9.50. The molecule has 0 radical (unpaired) electrons. The normalized spacial score (nSPS) is 20.0. The van der Waals surface area contributed by atoms with Gasteiger partial charge in [0.1, 0.15) is 12.1 Å². The highest BCUT2D eigenvalue weighted by Crippen LogP contribution is 2.36. The standard InChI is InChI=1S/C19H26N4O/c1-22(2)11-14-6-4-5-7-15(14)12-23(3)19-10-18(20-13-21-19)16-8-17(24)9-16/h4-7,10,13,16-17,24H,8-9,11-12H2,1-3H3. The Morgan fingerprint density at radius 1 is 1.04 bits per heavy atom. The van der Waals surface area contributed by atoms with Gasteiger partial charge in [-0.3, -0.25) is 0 Å². The molecule has 2 aromatic rings. The number of aromatic nitrogens is 2. The number of rotatable bonds is 6. The predicted octanol–water partition coefficient (Wildman–Crippen LogP) is 2.41. The van der Waals surface area contributed by atoms with E-state index >= 15 is 0 Å². The van der Waals surface area contributed by atoms with Gasteiger partial charge in [-0.15, -0.1) is 0 Å². The molecule has 0 spiro atoms. The highest BCUT2D eigenvalue weighted by molar-refractivity contribution is 5.41. The second-order valence-corrected chi connectivity index (χ2v) is 6.99. The highest BCUT2D eigenvalue weighted by Gasteiger charge is 2.29. The number of nitrogens with zero attached hydrogens (tertiary/aromatic N) is 4. The Balaban J connectivity index is 1.73. The van der Waals surface area contributed by atoms with Crippen LogP contribution in [-0.4, -0.2) is 47.2 Å². The van der Waals surface area contributed by atoms with Gasteiger partial charge in [-0.05, 0) is 38.1 Å². The quantitative estimate of drug-likeness (QED) is 0.883. The van der Waals surface area contributed by atoms with Crippen molar-refractivity contribution in [2.75, 3.05) is 26.0 Å². The van der Waals surface area contributed by atoms with E-state index < -0.39 is 0 Å². The van der Waals surface area contributed by atoms with Crippen molar-refractivity contribution in [2.24, 2.45) is 0 Å². The maximum absolute atomic E-state index is 9.50. The fourth-order valence-electron chi connectivity index (χ4n) is 3.17. The van der Waals surface area contributed by atoms with Gasteiger partial charge in [-0.1, -0.05) is 24.3 Å². The fraction of sp³-hybridized carbons (Fsp3) is 0.474. The lowest BCUT2D eigenvalue weighted by Gasteiger charge is -2.31. The largest absolute Gasteiger partial charge is 0.393 e. The van der Waals surface area contributed by atoms with E-state index in [1.807, 2.05) is 0 Å². The molecule has 5 nitrogen and oxygen atoms in total. The van der Waals surface area contributed by atoms with Crippen LogP contribution in [0.15, 0.2) is 36.7 Å². The van der Waals surface area contributed by atoms with Crippen LogP contribution >= 0.6 is 0 Å². The molecule has 24 heavy (non-hydrogen) atoms. The van der Waals surface area contributed by atoms with Crippen molar-refractivity contribution in [1.29, 1.82) is 0 Å². The van der Waals surface area contributed by atoms with Gasteiger partial charge in [-0.2, -0.15) is 0 Å². The first-order valence-corrected chi connectivity index (χ1v) is 8.45. The minimum atomic E-state index is -0.163.